The number of ether oxygens (including phenoxy) is 1. The first kappa shape index (κ1) is 21.3. The molecule has 0 saturated heterocycles. The Bertz CT molecular complexity index is 917. The van der Waals surface area contributed by atoms with Crippen molar-refractivity contribution in [3.8, 4) is 5.75 Å². The Hall–Kier alpha value is -1.96. The van der Waals surface area contributed by atoms with Gasteiger partial charge in [-0.15, -0.1) is 0 Å². The van der Waals surface area contributed by atoms with Crippen LogP contribution < -0.4 is 14.4 Å². The predicted molar refractivity (Wildman–Crippen MR) is 109 cm³/mol. The van der Waals surface area contributed by atoms with E-state index in [0.717, 1.165) is 10.6 Å². The summed E-state index contributed by atoms with van der Waals surface area (Å²) in [7, 11) is -1.89. The lowest BCUT2D eigenvalue weighted by Crippen LogP contribution is -2.32. The van der Waals surface area contributed by atoms with Gasteiger partial charge in [-0.1, -0.05) is 30.1 Å². The maximum atomic E-state index is 12.5. The van der Waals surface area contributed by atoms with E-state index in [1.165, 1.54) is 7.05 Å². The molecule has 1 unspecified atom stereocenters. The van der Waals surface area contributed by atoms with Crippen molar-refractivity contribution in [2.75, 3.05) is 22.9 Å². The molecule has 0 radical (unpaired) electrons. The van der Waals surface area contributed by atoms with Gasteiger partial charge in [-0.25, -0.2) is 8.42 Å². The van der Waals surface area contributed by atoms with Crippen molar-refractivity contribution in [2.45, 2.75) is 19.4 Å². The maximum Gasteiger partial charge on any atom is 0.265 e. The van der Waals surface area contributed by atoms with Gasteiger partial charge < -0.3 is 10.1 Å². The lowest BCUT2D eigenvalue weighted by atomic mass is 10.2. The zero-order valence-corrected chi connectivity index (χ0v) is 17.4. The van der Waals surface area contributed by atoms with E-state index in [2.05, 4.69) is 5.32 Å². The van der Waals surface area contributed by atoms with E-state index >= 15 is 0 Å². The predicted octanol–water partition coefficient (Wildman–Crippen LogP) is 4.19. The van der Waals surface area contributed by atoms with E-state index < -0.39 is 16.1 Å². The Kier molecular flexibility index (Phi) is 6.97. The van der Waals surface area contributed by atoms with Crippen molar-refractivity contribution in [2.24, 2.45) is 0 Å². The van der Waals surface area contributed by atoms with Gasteiger partial charge in [0.05, 0.1) is 22.7 Å². The summed E-state index contributed by atoms with van der Waals surface area (Å²) >= 11 is 12.0. The van der Waals surface area contributed by atoms with E-state index in [4.69, 9.17) is 27.9 Å². The van der Waals surface area contributed by atoms with Crippen molar-refractivity contribution < 1.29 is 17.9 Å². The van der Waals surface area contributed by atoms with Crippen LogP contribution in [0.2, 0.25) is 10.0 Å². The Morgan fingerprint density at radius 2 is 1.81 bits per heavy atom. The summed E-state index contributed by atoms with van der Waals surface area (Å²) < 4.78 is 30.0. The van der Waals surface area contributed by atoms with Gasteiger partial charge in [-0.3, -0.25) is 9.10 Å². The van der Waals surface area contributed by atoms with Gasteiger partial charge >= 0.3 is 0 Å². The van der Waals surface area contributed by atoms with Crippen LogP contribution in [0.4, 0.5) is 11.4 Å². The minimum absolute atomic E-state index is 0.362. The Morgan fingerprint density at radius 3 is 2.37 bits per heavy atom. The number of hydrogen-bond acceptors (Lipinski definition) is 4. The SMILES string of the molecule is CCC(Oc1ccc(N(C)S(C)(=O)=O)cc1)C(=O)Nc1cc(Cl)ccc1Cl. The number of benzene rings is 2. The van der Waals surface area contributed by atoms with Crippen LogP contribution in [-0.4, -0.2) is 33.7 Å². The minimum Gasteiger partial charge on any atom is -0.481 e. The number of carbonyl (C=O) groups is 1. The quantitative estimate of drug-likeness (QED) is 0.714. The summed E-state index contributed by atoms with van der Waals surface area (Å²) in [4.78, 5) is 12.5. The maximum absolute atomic E-state index is 12.5. The van der Waals surface area contributed by atoms with E-state index in [-0.39, 0.29) is 5.91 Å². The standard InChI is InChI=1S/C18H20Cl2N2O4S/c1-4-17(18(23)21-16-11-12(19)5-10-15(16)20)26-14-8-6-13(7-9-14)22(2)27(3,24)25/h5-11,17H,4H2,1-3H3,(H,21,23). The molecule has 1 N–H and O–H groups in total. The molecule has 0 spiro atoms. The fourth-order valence-corrected chi connectivity index (χ4v) is 3.06. The fraction of sp³-hybridized carbons (Fsp3) is 0.278. The number of carbonyl (C=O) groups excluding carboxylic acids is 1. The molecule has 6 nitrogen and oxygen atoms in total. The van der Waals surface area contributed by atoms with Gasteiger partial charge in [0.25, 0.3) is 5.91 Å². The number of nitrogens with one attached hydrogen (secondary N) is 1. The molecule has 0 saturated carbocycles. The number of anilines is 2. The van der Waals surface area contributed by atoms with E-state index in [1.54, 1.807) is 42.5 Å². The molecule has 9 heteroatoms. The monoisotopic (exact) mass is 430 g/mol. The minimum atomic E-state index is -3.35. The van der Waals surface area contributed by atoms with Crippen LogP contribution in [0.25, 0.3) is 0 Å². The van der Waals surface area contributed by atoms with Gasteiger partial charge in [0.1, 0.15) is 5.75 Å². The average molecular weight is 431 g/mol. The highest BCUT2D eigenvalue weighted by molar-refractivity contribution is 7.92. The molecule has 1 amide bonds. The molecule has 0 aliphatic rings. The second kappa shape index (κ2) is 8.82. The molecule has 2 rings (SSSR count). The van der Waals surface area contributed by atoms with Crippen LogP contribution in [-0.2, 0) is 14.8 Å². The number of halogens is 2. The molecule has 0 aromatic heterocycles. The number of rotatable bonds is 7. The smallest absolute Gasteiger partial charge is 0.265 e. The van der Waals surface area contributed by atoms with Crippen molar-refractivity contribution >= 4 is 50.5 Å². The second-order valence-electron chi connectivity index (χ2n) is 5.85. The van der Waals surface area contributed by atoms with Crippen LogP contribution in [0.3, 0.4) is 0 Å². The van der Waals surface area contributed by atoms with Crippen molar-refractivity contribution in [1.82, 2.24) is 0 Å². The zero-order chi connectivity index (χ0) is 20.2. The molecule has 0 bridgehead atoms. The number of sulfonamides is 1. The van der Waals surface area contributed by atoms with E-state index in [9.17, 15) is 13.2 Å². The Morgan fingerprint density at radius 1 is 1.19 bits per heavy atom. The van der Waals surface area contributed by atoms with Gasteiger partial charge in [0, 0.05) is 12.1 Å². The molecule has 0 fully saturated rings. The lowest BCUT2D eigenvalue weighted by Gasteiger charge is -2.19. The third kappa shape index (κ3) is 5.76. The van der Waals surface area contributed by atoms with Gasteiger partial charge in [-0.2, -0.15) is 0 Å². The van der Waals surface area contributed by atoms with Crippen LogP contribution in [0.5, 0.6) is 5.75 Å². The lowest BCUT2D eigenvalue weighted by molar-refractivity contribution is -0.122. The van der Waals surface area contributed by atoms with Gasteiger partial charge in [0.2, 0.25) is 10.0 Å². The number of nitrogens with zero attached hydrogens (tertiary/aromatic N) is 1. The molecular weight excluding hydrogens is 411 g/mol. The molecule has 0 heterocycles. The third-order valence-corrected chi connectivity index (χ3v) is 5.60. The molecule has 146 valence electrons. The topological polar surface area (TPSA) is 75.7 Å². The summed E-state index contributed by atoms with van der Waals surface area (Å²) in [5.74, 6) is 0.0823. The van der Waals surface area contributed by atoms with Crippen molar-refractivity contribution in [3.05, 3.63) is 52.5 Å². The van der Waals surface area contributed by atoms with Crippen molar-refractivity contribution in [3.63, 3.8) is 0 Å². The molecule has 2 aromatic rings. The second-order valence-corrected chi connectivity index (χ2v) is 8.71. The van der Waals surface area contributed by atoms with Crippen LogP contribution in [0.15, 0.2) is 42.5 Å². The Labute approximate surface area is 169 Å². The van der Waals surface area contributed by atoms with Gasteiger partial charge in [-0.05, 0) is 48.9 Å². The summed E-state index contributed by atoms with van der Waals surface area (Å²) in [5, 5.41) is 3.53. The van der Waals surface area contributed by atoms with Crippen LogP contribution >= 0.6 is 23.2 Å². The molecule has 0 aliphatic heterocycles. The zero-order valence-electron chi connectivity index (χ0n) is 15.1. The molecular formula is C18H20Cl2N2O4S. The molecule has 2 aromatic carbocycles. The highest BCUT2D eigenvalue weighted by Gasteiger charge is 2.20. The fourth-order valence-electron chi connectivity index (χ4n) is 2.22. The summed E-state index contributed by atoms with van der Waals surface area (Å²) in [5.41, 5.74) is 0.898. The highest BCUT2D eigenvalue weighted by Crippen LogP contribution is 2.26. The average Bonchev–Trinajstić information content (AvgIpc) is 2.61. The highest BCUT2D eigenvalue weighted by atomic mass is 35.5. The molecule has 0 aliphatic carbocycles. The summed E-state index contributed by atoms with van der Waals surface area (Å²) in [6, 6.07) is 11.2. The Balaban J connectivity index is 2.10. The first-order chi connectivity index (χ1) is 12.6. The summed E-state index contributed by atoms with van der Waals surface area (Å²) in [6.45, 7) is 1.82. The first-order valence-electron chi connectivity index (χ1n) is 8.08. The first-order valence-corrected chi connectivity index (χ1v) is 10.7. The number of hydrogen-bond donors (Lipinski definition) is 1. The van der Waals surface area contributed by atoms with E-state index in [1.807, 2.05) is 6.92 Å². The third-order valence-electron chi connectivity index (χ3n) is 3.83. The van der Waals surface area contributed by atoms with Crippen molar-refractivity contribution in [1.29, 1.82) is 0 Å². The molecule has 27 heavy (non-hydrogen) atoms. The van der Waals surface area contributed by atoms with Gasteiger partial charge in [0.15, 0.2) is 6.10 Å². The largest absolute Gasteiger partial charge is 0.481 e. The molecule has 1 atom stereocenters. The van der Waals surface area contributed by atoms with Crippen LogP contribution in [0.1, 0.15) is 13.3 Å². The van der Waals surface area contributed by atoms with E-state index in [0.29, 0.717) is 33.6 Å². The summed E-state index contributed by atoms with van der Waals surface area (Å²) in [6.07, 6.45) is 0.795. The van der Waals surface area contributed by atoms with Crippen LogP contribution in [0, 0.1) is 0 Å². The number of amides is 1. The normalized spacial score (nSPS) is 12.3.